The number of carbonyl (C=O) groups is 1. The molecule has 1 saturated heterocycles. The average molecular weight is 208 g/mol. The van der Waals surface area contributed by atoms with Crippen LogP contribution in [-0.4, -0.2) is 32.7 Å². The van der Waals surface area contributed by atoms with E-state index in [1.165, 1.54) is 0 Å². The predicted molar refractivity (Wildman–Crippen MR) is 53.6 cm³/mol. The van der Waals surface area contributed by atoms with Crippen LogP contribution >= 0.6 is 0 Å². The van der Waals surface area contributed by atoms with Gasteiger partial charge in [0.15, 0.2) is 11.5 Å². The first-order chi connectivity index (χ1) is 7.33. The van der Waals surface area contributed by atoms with E-state index in [1.807, 2.05) is 0 Å². The van der Waals surface area contributed by atoms with E-state index in [0.29, 0.717) is 30.3 Å². The molecule has 1 aromatic rings. The van der Waals surface area contributed by atoms with Crippen molar-refractivity contribution in [2.24, 2.45) is 0 Å². The summed E-state index contributed by atoms with van der Waals surface area (Å²) in [4.78, 5) is 10.6. The van der Waals surface area contributed by atoms with E-state index < -0.39 is 0 Å². The topological polar surface area (TPSA) is 44.8 Å². The first-order valence-corrected chi connectivity index (χ1v) is 4.71. The Morgan fingerprint density at radius 2 is 2.20 bits per heavy atom. The van der Waals surface area contributed by atoms with Crippen LogP contribution in [-0.2, 0) is 4.74 Å². The van der Waals surface area contributed by atoms with Crippen LogP contribution in [0.1, 0.15) is 10.4 Å². The number of ether oxygens (including phenoxy) is 3. The Hall–Kier alpha value is -1.55. The van der Waals surface area contributed by atoms with Crippen LogP contribution in [0.15, 0.2) is 18.2 Å². The highest BCUT2D eigenvalue weighted by molar-refractivity contribution is 5.76. The SMILES string of the molecule is COc1cc(C=O)ccc1OC1COC1. The summed E-state index contributed by atoms with van der Waals surface area (Å²) < 4.78 is 15.7. The fourth-order valence-electron chi connectivity index (χ4n) is 1.32. The van der Waals surface area contributed by atoms with E-state index >= 15 is 0 Å². The molecule has 0 amide bonds. The summed E-state index contributed by atoms with van der Waals surface area (Å²) >= 11 is 0. The molecule has 0 bridgehead atoms. The van der Waals surface area contributed by atoms with Gasteiger partial charge in [0.05, 0.1) is 20.3 Å². The van der Waals surface area contributed by atoms with E-state index in [-0.39, 0.29) is 6.10 Å². The van der Waals surface area contributed by atoms with Crippen LogP contribution in [0.4, 0.5) is 0 Å². The number of rotatable bonds is 4. The fraction of sp³-hybridized carbons (Fsp3) is 0.364. The molecule has 0 unspecified atom stereocenters. The molecule has 1 aliphatic rings. The van der Waals surface area contributed by atoms with Gasteiger partial charge in [0.2, 0.25) is 0 Å². The average Bonchev–Trinajstić information content (AvgIpc) is 2.23. The Morgan fingerprint density at radius 3 is 2.73 bits per heavy atom. The third-order valence-electron chi connectivity index (χ3n) is 2.22. The first-order valence-electron chi connectivity index (χ1n) is 4.71. The summed E-state index contributed by atoms with van der Waals surface area (Å²) in [5, 5.41) is 0. The van der Waals surface area contributed by atoms with Gasteiger partial charge in [-0.2, -0.15) is 0 Å². The van der Waals surface area contributed by atoms with Gasteiger partial charge in [-0.25, -0.2) is 0 Å². The second-order valence-electron chi connectivity index (χ2n) is 3.31. The van der Waals surface area contributed by atoms with Gasteiger partial charge in [0.25, 0.3) is 0 Å². The van der Waals surface area contributed by atoms with E-state index in [9.17, 15) is 4.79 Å². The van der Waals surface area contributed by atoms with Crippen molar-refractivity contribution < 1.29 is 19.0 Å². The molecule has 1 aromatic carbocycles. The second kappa shape index (κ2) is 4.31. The van der Waals surface area contributed by atoms with Crippen LogP contribution in [0, 0.1) is 0 Å². The van der Waals surface area contributed by atoms with Gasteiger partial charge in [0.1, 0.15) is 12.4 Å². The lowest BCUT2D eigenvalue weighted by atomic mass is 10.2. The van der Waals surface area contributed by atoms with Crippen LogP contribution in [0.3, 0.4) is 0 Å². The Labute approximate surface area is 87.8 Å². The van der Waals surface area contributed by atoms with Crippen molar-refractivity contribution in [1.29, 1.82) is 0 Å². The van der Waals surface area contributed by atoms with Crippen LogP contribution in [0.2, 0.25) is 0 Å². The molecule has 0 saturated carbocycles. The van der Waals surface area contributed by atoms with Crippen molar-refractivity contribution in [2.75, 3.05) is 20.3 Å². The summed E-state index contributed by atoms with van der Waals surface area (Å²) in [6, 6.07) is 5.09. The van der Waals surface area contributed by atoms with Gasteiger partial charge in [-0.3, -0.25) is 4.79 Å². The maximum Gasteiger partial charge on any atom is 0.161 e. The molecule has 2 rings (SSSR count). The molecule has 0 atom stereocenters. The van der Waals surface area contributed by atoms with Crippen molar-refractivity contribution in [3.63, 3.8) is 0 Å². The van der Waals surface area contributed by atoms with Crippen molar-refractivity contribution in [1.82, 2.24) is 0 Å². The molecule has 1 heterocycles. The maximum absolute atomic E-state index is 10.6. The Balaban J connectivity index is 2.17. The first kappa shape index (κ1) is 9.98. The quantitative estimate of drug-likeness (QED) is 0.699. The monoisotopic (exact) mass is 208 g/mol. The number of aldehydes is 1. The van der Waals surface area contributed by atoms with E-state index in [1.54, 1.807) is 25.3 Å². The Bertz CT molecular complexity index is 358. The zero-order chi connectivity index (χ0) is 10.7. The normalized spacial score (nSPS) is 15.5. The lowest BCUT2D eigenvalue weighted by molar-refractivity contribution is -0.0803. The molecule has 0 aliphatic carbocycles. The zero-order valence-corrected chi connectivity index (χ0v) is 8.43. The molecule has 0 aromatic heterocycles. The molecular weight excluding hydrogens is 196 g/mol. The highest BCUT2D eigenvalue weighted by atomic mass is 16.6. The number of methoxy groups -OCH3 is 1. The Morgan fingerprint density at radius 1 is 1.40 bits per heavy atom. The van der Waals surface area contributed by atoms with Crippen molar-refractivity contribution in [2.45, 2.75) is 6.10 Å². The number of carbonyl (C=O) groups excluding carboxylic acids is 1. The summed E-state index contributed by atoms with van der Waals surface area (Å²) in [7, 11) is 1.55. The van der Waals surface area contributed by atoms with Crippen molar-refractivity contribution in [3.8, 4) is 11.5 Å². The summed E-state index contributed by atoms with van der Waals surface area (Å²) in [6.07, 6.45) is 0.875. The zero-order valence-electron chi connectivity index (χ0n) is 8.43. The molecule has 0 spiro atoms. The molecule has 4 nitrogen and oxygen atoms in total. The lowest BCUT2D eigenvalue weighted by Crippen LogP contribution is -2.38. The smallest absolute Gasteiger partial charge is 0.161 e. The van der Waals surface area contributed by atoms with Gasteiger partial charge in [-0.15, -0.1) is 0 Å². The van der Waals surface area contributed by atoms with E-state index in [2.05, 4.69) is 0 Å². The van der Waals surface area contributed by atoms with Gasteiger partial charge < -0.3 is 14.2 Å². The van der Waals surface area contributed by atoms with Gasteiger partial charge in [-0.05, 0) is 18.2 Å². The number of benzene rings is 1. The van der Waals surface area contributed by atoms with E-state index in [0.717, 1.165) is 6.29 Å². The number of hydrogen-bond acceptors (Lipinski definition) is 4. The third-order valence-corrected chi connectivity index (χ3v) is 2.22. The molecule has 0 N–H and O–H groups in total. The van der Waals surface area contributed by atoms with Crippen LogP contribution in [0.5, 0.6) is 11.5 Å². The van der Waals surface area contributed by atoms with Gasteiger partial charge in [0, 0.05) is 5.56 Å². The maximum atomic E-state index is 10.6. The molecule has 80 valence electrons. The van der Waals surface area contributed by atoms with E-state index in [4.69, 9.17) is 14.2 Å². The summed E-state index contributed by atoms with van der Waals surface area (Å²) in [6.45, 7) is 1.22. The third kappa shape index (κ3) is 2.10. The van der Waals surface area contributed by atoms with Crippen molar-refractivity contribution >= 4 is 6.29 Å². The lowest BCUT2D eigenvalue weighted by Gasteiger charge is -2.27. The van der Waals surface area contributed by atoms with Gasteiger partial charge in [-0.1, -0.05) is 0 Å². The minimum atomic E-state index is 0.0981. The molecule has 15 heavy (non-hydrogen) atoms. The fourth-order valence-corrected chi connectivity index (χ4v) is 1.32. The number of hydrogen-bond donors (Lipinski definition) is 0. The summed E-state index contributed by atoms with van der Waals surface area (Å²) in [5.74, 6) is 1.22. The Kier molecular flexibility index (Phi) is 2.87. The standard InChI is InChI=1S/C11H12O4/c1-13-11-4-8(5-12)2-3-10(11)15-9-6-14-7-9/h2-5,9H,6-7H2,1H3. The van der Waals surface area contributed by atoms with Crippen LogP contribution < -0.4 is 9.47 Å². The highest BCUT2D eigenvalue weighted by Crippen LogP contribution is 2.29. The minimum absolute atomic E-state index is 0.0981. The van der Waals surface area contributed by atoms with Crippen LogP contribution in [0.25, 0.3) is 0 Å². The second-order valence-corrected chi connectivity index (χ2v) is 3.31. The van der Waals surface area contributed by atoms with Crippen molar-refractivity contribution in [3.05, 3.63) is 23.8 Å². The largest absolute Gasteiger partial charge is 0.493 e. The molecular formula is C11H12O4. The molecule has 1 aliphatic heterocycles. The molecule has 1 fully saturated rings. The summed E-state index contributed by atoms with van der Waals surface area (Å²) in [5.41, 5.74) is 0.573. The highest BCUT2D eigenvalue weighted by Gasteiger charge is 2.21. The van der Waals surface area contributed by atoms with Gasteiger partial charge >= 0.3 is 0 Å². The molecule has 0 radical (unpaired) electrons. The molecule has 4 heteroatoms. The predicted octanol–water partition coefficient (Wildman–Crippen LogP) is 1.29. The minimum Gasteiger partial charge on any atom is -0.493 e.